The molecule has 0 radical (unpaired) electrons. The highest BCUT2D eigenvalue weighted by molar-refractivity contribution is 5.92. The first-order chi connectivity index (χ1) is 8.70. The molecule has 0 aliphatic carbocycles. The summed E-state index contributed by atoms with van der Waals surface area (Å²) in [5.41, 5.74) is 7.02. The third kappa shape index (κ3) is 2.65. The minimum absolute atomic E-state index is 0.146. The van der Waals surface area contributed by atoms with Crippen molar-refractivity contribution in [2.75, 3.05) is 12.3 Å². The number of nitrogens with zero attached hydrogens (tertiary/aromatic N) is 3. The summed E-state index contributed by atoms with van der Waals surface area (Å²) in [5.74, 6) is -0.505. The van der Waals surface area contributed by atoms with Crippen LogP contribution in [-0.2, 0) is 11.3 Å². The molecule has 0 unspecified atom stereocenters. The number of esters is 1. The van der Waals surface area contributed by atoms with E-state index in [2.05, 4.69) is 10.1 Å². The van der Waals surface area contributed by atoms with E-state index in [-0.39, 0.29) is 5.69 Å². The number of ether oxygens (including phenoxy) is 1. The normalized spacial score (nSPS) is 10.3. The molecule has 0 saturated carbocycles. The number of hydrogen-bond donors (Lipinski definition) is 1. The molecule has 0 amide bonds. The summed E-state index contributed by atoms with van der Waals surface area (Å²) in [7, 11) is 0. The number of hydrogen-bond acceptors (Lipinski definition) is 5. The predicted molar refractivity (Wildman–Crippen MR) is 65.9 cm³/mol. The van der Waals surface area contributed by atoms with Crippen LogP contribution in [0.1, 0.15) is 23.1 Å². The summed E-state index contributed by atoms with van der Waals surface area (Å²) < 4.78 is 6.44. The van der Waals surface area contributed by atoms with Crippen LogP contribution in [0.15, 0.2) is 30.6 Å². The van der Waals surface area contributed by atoms with Gasteiger partial charge < -0.3 is 10.5 Å². The molecule has 0 fully saturated rings. The van der Waals surface area contributed by atoms with Crippen LogP contribution in [0.3, 0.4) is 0 Å². The average molecular weight is 246 g/mol. The highest BCUT2D eigenvalue weighted by Crippen LogP contribution is 2.11. The number of nitrogens with two attached hydrogens (primary N) is 1. The first-order valence-electron chi connectivity index (χ1n) is 5.60. The molecule has 6 nitrogen and oxygen atoms in total. The minimum atomic E-state index is -0.505. The van der Waals surface area contributed by atoms with Gasteiger partial charge in [-0.3, -0.25) is 9.67 Å². The Morgan fingerprint density at radius 1 is 1.50 bits per heavy atom. The van der Waals surface area contributed by atoms with Crippen molar-refractivity contribution < 1.29 is 9.53 Å². The third-order valence-electron chi connectivity index (χ3n) is 2.31. The van der Waals surface area contributed by atoms with Crippen molar-refractivity contribution in [3.63, 3.8) is 0 Å². The lowest BCUT2D eigenvalue weighted by Gasteiger charge is -2.00. The van der Waals surface area contributed by atoms with Crippen LogP contribution in [0.2, 0.25) is 0 Å². The molecule has 0 aliphatic rings. The van der Waals surface area contributed by atoms with Crippen molar-refractivity contribution in [1.29, 1.82) is 0 Å². The Labute approximate surface area is 104 Å². The van der Waals surface area contributed by atoms with Crippen LogP contribution in [0, 0.1) is 0 Å². The second-order valence-corrected chi connectivity index (χ2v) is 3.67. The topological polar surface area (TPSA) is 83.0 Å². The van der Waals surface area contributed by atoms with Crippen LogP contribution in [0.5, 0.6) is 0 Å². The SMILES string of the molecule is CCOC(=O)c1nn(Cc2ccccn2)cc1N. The van der Waals surface area contributed by atoms with Crippen LogP contribution < -0.4 is 5.73 Å². The minimum Gasteiger partial charge on any atom is -0.461 e. The number of nitrogen functional groups attached to an aromatic ring is 1. The highest BCUT2D eigenvalue weighted by atomic mass is 16.5. The van der Waals surface area contributed by atoms with Crippen molar-refractivity contribution in [1.82, 2.24) is 14.8 Å². The zero-order valence-electron chi connectivity index (χ0n) is 10.0. The zero-order valence-corrected chi connectivity index (χ0v) is 10.0. The number of anilines is 1. The molecule has 6 heteroatoms. The van der Waals surface area contributed by atoms with Gasteiger partial charge in [-0.15, -0.1) is 0 Å². The maximum absolute atomic E-state index is 11.5. The molecule has 0 atom stereocenters. The fourth-order valence-corrected chi connectivity index (χ4v) is 1.53. The van der Waals surface area contributed by atoms with Crippen molar-refractivity contribution >= 4 is 11.7 Å². The van der Waals surface area contributed by atoms with Gasteiger partial charge in [0.15, 0.2) is 5.69 Å². The van der Waals surface area contributed by atoms with E-state index in [0.717, 1.165) is 5.69 Å². The second-order valence-electron chi connectivity index (χ2n) is 3.67. The molecule has 0 bridgehead atoms. The third-order valence-corrected chi connectivity index (χ3v) is 2.31. The Bertz CT molecular complexity index is 536. The van der Waals surface area contributed by atoms with Crippen molar-refractivity contribution in [2.24, 2.45) is 0 Å². The maximum atomic E-state index is 11.5. The maximum Gasteiger partial charge on any atom is 0.361 e. The predicted octanol–water partition coefficient (Wildman–Crippen LogP) is 1.09. The fraction of sp³-hybridized carbons (Fsp3) is 0.250. The van der Waals surface area contributed by atoms with Gasteiger partial charge in [0.2, 0.25) is 0 Å². The quantitative estimate of drug-likeness (QED) is 0.816. The van der Waals surface area contributed by atoms with Gasteiger partial charge in [-0.1, -0.05) is 6.07 Å². The van der Waals surface area contributed by atoms with E-state index in [4.69, 9.17) is 10.5 Å². The standard InChI is InChI=1S/C12H14N4O2/c1-2-18-12(17)11-10(13)8-16(15-11)7-9-5-3-4-6-14-9/h3-6,8H,2,7,13H2,1H3. The molecule has 2 N–H and O–H groups in total. The second kappa shape index (κ2) is 5.31. The van der Waals surface area contributed by atoms with Gasteiger partial charge in [-0.25, -0.2) is 4.79 Å². The molecule has 0 aliphatic heterocycles. The van der Waals surface area contributed by atoms with Gasteiger partial charge in [-0.05, 0) is 19.1 Å². The van der Waals surface area contributed by atoms with Crippen LogP contribution in [-0.4, -0.2) is 27.3 Å². The monoisotopic (exact) mass is 246 g/mol. The van der Waals surface area contributed by atoms with Gasteiger partial charge in [0.25, 0.3) is 0 Å². The summed E-state index contributed by atoms with van der Waals surface area (Å²) in [6.07, 6.45) is 3.30. The first-order valence-corrected chi connectivity index (χ1v) is 5.60. The number of carbonyl (C=O) groups excluding carboxylic acids is 1. The van der Waals surface area contributed by atoms with E-state index >= 15 is 0 Å². The lowest BCUT2D eigenvalue weighted by atomic mass is 10.3. The van der Waals surface area contributed by atoms with Crippen molar-refractivity contribution in [3.8, 4) is 0 Å². The van der Waals surface area contributed by atoms with Gasteiger partial charge >= 0.3 is 5.97 Å². The summed E-state index contributed by atoms with van der Waals surface area (Å²) in [6, 6.07) is 5.61. The Morgan fingerprint density at radius 2 is 2.33 bits per heavy atom. The Hall–Kier alpha value is -2.37. The van der Waals surface area contributed by atoms with E-state index in [1.54, 1.807) is 24.0 Å². The molecule has 94 valence electrons. The molecule has 2 rings (SSSR count). The Kier molecular flexibility index (Phi) is 3.57. The molecule has 0 saturated heterocycles. The molecular weight excluding hydrogens is 232 g/mol. The van der Waals surface area contributed by atoms with Crippen molar-refractivity contribution in [3.05, 3.63) is 42.0 Å². The van der Waals surface area contributed by atoms with E-state index in [0.29, 0.717) is 18.8 Å². The number of pyridine rings is 1. The van der Waals surface area contributed by atoms with E-state index in [9.17, 15) is 4.79 Å². The molecule has 0 aromatic carbocycles. The van der Waals surface area contributed by atoms with E-state index in [1.807, 2.05) is 18.2 Å². The summed E-state index contributed by atoms with van der Waals surface area (Å²) >= 11 is 0. The Morgan fingerprint density at radius 3 is 3.00 bits per heavy atom. The highest BCUT2D eigenvalue weighted by Gasteiger charge is 2.15. The average Bonchev–Trinajstić information content (AvgIpc) is 2.72. The molecule has 2 aromatic rings. The van der Waals surface area contributed by atoms with E-state index in [1.165, 1.54) is 0 Å². The van der Waals surface area contributed by atoms with Gasteiger partial charge in [0.1, 0.15) is 0 Å². The molecule has 2 heterocycles. The number of aromatic nitrogens is 3. The molecule has 18 heavy (non-hydrogen) atoms. The van der Waals surface area contributed by atoms with Crippen LogP contribution in [0.25, 0.3) is 0 Å². The summed E-state index contributed by atoms with van der Waals surface area (Å²) in [4.78, 5) is 15.7. The largest absolute Gasteiger partial charge is 0.461 e. The first kappa shape index (κ1) is 12.1. The number of carbonyl (C=O) groups is 1. The number of rotatable bonds is 4. The van der Waals surface area contributed by atoms with Crippen LogP contribution >= 0.6 is 0 Å². The molecule has 0 spiro atoms. The van der Waals surface area contributed by atoms with Gasteiger partial charge in [-0.2, -0.15) is 5.10 Å². The molecular formula is C12H14N4O2. The van der Waals surface area contributed by atoms with Gasteiger partial charge in [0, 0.05) is 12.4 Å². The lowest BCUT2D eigenvalue weighted by Crippen LogP contribution is -2.09. The molecule has 2 aromatic heterocycles. The lowest BCUT2D eigenvalue weighted by molar-refractivity contribution is 0.0519. The van der Waals surface area contributed by atoms with Crippen molar-refractivity contribution in [2.45, 2.75) is 13.5 Å². The summed E-state index contributed by atoms with van der Waals surface area (Å²) in [6.45, 7) is 2.49. The smallest absolute Gasteiger partial charge is 0.361 e. The Balaban J connectivity index is 2.16. The zero-order chi connectivity index (χ0) is 13.0. The summed E-state index contributed by atoms with van der Waals surface area (Å²) in [5, 5.41) is 4.10. The van der Waals surface area contributed by atoms with Crippen LogP contribution in [0.4, 0.5) is 5.69 Å². The van der Waals surface area contributed by atoms with Gasteiger partial charge in [0.05, 0.1) is 24.5 Å². The fourth-order valence-electron chi connectivity index (χ4n) is 1.53. The van der Waals surface area contributed by atoms with E-state index < -0.39 is 5.97 Å².